The number of nitrogens with zero attached hydrogens (tertiary/aromatic N) is 2. The van der Waals surface area contributed by atoms with Crippen molar-refractivity contribution >= 4 is 22.7 Å². The number of aromatic hydroxyl groups is 1. The Labute approximate surface area is 146 Å². The molecule has 0 radical (unpaired) electrons. The van der Waals surface area contributed by atoms with Gasteiger partial charge in [-0.15, -0.1) is 0 Å². The van der Waals surface area contributed by atoms with Gasteiger partial charge < -0.3 is 14.1 Å². The largest absolute Gasteiger partial charge is 0.503 e. The fraction of sp³-hybridized carbons (Fsp3) is 0.111. The molecule has 0 saturated carbocycles. The van der Waals surface area contributed by atoms with Gasteiger partial charge in [0, 0.05) is 24.2 Å². The first kappa shape index (κ1) is 17.0. The van der Waals surface area contributed by atoms with Crippen molar-refractivity contribution in [3.63, 3.8) is 0 Å². The normalized spacial score (nSPS) is 11.0. The van der Waals surface area contributed by atoms with E-state index in [1.807, 2.05) is 0 Å². The molecule has 0 unspecified atom stereocenters. The van der Waals surface area contributed by atoms with Crippen molar-refractivity contribution in [3.05, 3.63) is 85.9 Å². The molecule has 7 heteroatoms. The maximum atomic E-state index is 13.2. The Hall–Kier alpha value is -2.86. The fourth-order valence-electron chi connectivity index (χ4n) is 2.57. The standard InChI is InChI=1S/C18H14ClFN2O3/c1-10(2)12-9-21-5-6-22(18(25)15(21)17(24)16(12)23)8-11-3-4-14(20)13(19)7-11/h3-7,9,24H,1,8H2,2H3. The molecule has 0 atom stereocenters. The molecule has 5 nitrogen and oxygen atoms in total. The zero-order valence-electron chi connectivity index (χ0n) is 13.3. The third-order valence-electron chi connectivity index (χ3n) is 3.88. The number of rotatable bonds is 3. The number of benzene rings is 1. The maximum absolute atomic E-state index is 13.2. The molecule has 1 N–H and O–H groups in total. The third-order valence-corrected chi connectivity index (χ3v) is 4.17. The highest BCUT2D eigenvalue weighted by Crippen LogP contribution is 2.18. The molecular weight excluding hydrogens is 347 g/mol. The summed E-state index contributed by atoms with van der Waals surface area (Å²) in [5, 5.41) is 10.1. The van der Waals surface area contributed by atoms with Crippen LogP contribution < -0.4 is 11.0 Å². The molecule has 2 heterocycles. The molecule has 25 heavy (non-hydrogen) atoms. The molecule has 0 fully saturated rings. The summed E-state index contributed by atoms with van der Waals surface area (Å²) < 4.78 is 15.9. The zero-order valence-corrected chi connectivity index (χ0v) is 14.0. The Kier molecular flexibility index (Phi) is 4.22. The summed E-state index contributed by atoms with van der Waals surface area (Å²) in [5.41, 5.74) is -0.000704. The number of fused-ring (bicyclic) bond motifs is 1. The van der Waals surface area contributed by atoms with E-state index < -0.39 is 22.6 Å². The summed E-state index contributed by atoms with van der Waals surface area (Å²) in [4.78, 5) is 24.8. The third kappa shape index (κ3) is 2.96. The molecule has 0 aliphatic rings. The first-order chi connectivity index (χ1) is 11.8. The minimum atomic E-state index is -0.646. The predicted molar refractivity (Wildman–Crippen MR) is 94.8 cm³/mol. The number of aromatic nitrogens is 2. The molecule has 0 aliphatic carbocycles. The molecule has 0 spiro atoms. The average Bonchev–Trinajstić information content (AvgIpc) is 2.56. The number of hydrogen-bond acceptors (Lipinski definition) is 3. The number of hydrogen-bond donors (Lipinski definition) is 1. The SMILES string of the molecule is C=C(C)c1cn2ccn(Cc3ccc(F)c(Cl)c3)c(=O)c2c(O)c1=O. The van der Waals surface area contributed by atoms with Gasteiger partial charge in [-0.2, -0.15) is 0 Å². The van der Waals surface area contributed by atoms with Gasteiger partial charge in [-0.1, -0.05) is 24.2 Å². The van der Waals surface area contributed by atoms with E-state index in [-0.39, 0.29) is 22.6 Å². The Morgan fingerprint density at radius 2 is 2.04 bits per heavy atom. The molecule has 0 amide bonds. The Morgan fingerprint density at radius 1 is 1.32 bits per heavy atom. The first-order valence-electron chi connectivity index (χ1n) is 7.37. The van der Waals surface area contributed by atoms with Crippen LogP contribution in [0.2, 0.25) is 5.02 Å². The zero-order chi connectivity index (χ0) is 18.3. The van der Waals surface area contributed by atoms with Crippen molar-refractivity contribution in [2.75, 3.05) is 0 Å². The van der Waals surface area contributed by atoms with Gasteiger partial charge in [0.15, 0.2) is 11.3 Å². The van der Waals surface area contributed by atoms with E-state index in [1.54, 1.807) is 13.1 Å². The van der Waals surface area contributed by atoms with Crippen LogP contribution in [0.25, 0.3) is 11.1 Å². The summed E-state index contributed by atoms with van der Waals surface area (Å²) in [6, 6.07) is 4.14. The molecular formula is C18H14ClFN2O3. The number of allylic oxidation sites excluding steroid dienone is 1. The lowest BCUT2D eigenvalue weighted by Gasteiger charge is -2.11. The molecule has 0 saturated heterocycles. The highest BCUT2D eigenvalue weighted by molar-refractivity contribution is 6.30. The maximum Gasteiger partial charge on any atom is 0.279 e. The van der Waals surface area contributed by atoms with Gasteiger partial charge in [-0.05, 0) is 30.2 Å². The van der Waals surface area contributed by atoms with Crippen molar-refractivity contribution in [1.29, 1.82) is 0 Å². The Morgan fingerprint density at radius 3 is 2.68 bits per heavy atom. The van der Waals surface area contributed by atoms with Crippen molar-refractivity contribution < 1.29 is 9.50 Å². The van der Waals surface area contributed by atoms with Crippen molar-refractivity contribution in [2.45, 2.75) is 13.5 Å². The van der Waals surface area contributed by atoms with Crippen LogP contribution in [0.15, 0.2) is 53.0 Å². The van der Waals surface area contributed by atoms with Gasteiger partial charge in [0.25, 0.3) is 5.56 Å². The second-order valence-electron chi connectivity index (χ2n) is 5.74. The molecule has 1 aromatic carbocycles. The van der Waals surface area contributed by atoms with Crippen LogP contribution in [-0.2, 0) is 6.54 Å². The van der Waals surface area contributed by atoms with Gasteiger partial charge >= 0.3 is 0 Å². The minimum Gasteiger partial charge on any atom is -0.503 e. The topological polar surface area (TPSA) is 63.7 Å². The van der Waals surface area contributed by atoms with E-state index in [0.717, 1.165) is 0 Å². The van der Waals surface area contributed by atoms with Gasteiger partial charge in [0.2, 0.25) is 5.43 Å². The van der Waals surface area contributed by atoms with Crippen molar-refractivity contribution in [3.8, 4) is 5.75 Å². The van der Waals surface area contributed by atoms with Crippen LogP contribution in [0.1, 0.15) is 18.1 Å². The Bertz CT molecular complexity index is 1130. The lowest BCUT2D eigenvalue weighted by atomic mass is 10.1. The fourth-order valence-corrected chi connectivity index (χ4v) is 2.77. The van der Waals surface area contributed by atoms with E-state index in [4.69, 9.17) is 11.6 Å². The summed E-state index contributed by atoms with van der Waals surface area (Å²) in [5.74, 6) is -1.18. The van der Waals surface area contributed by atoms with Crippen LogP contribution in [0, 0.1) is 5.82 Å². The molecule has 0 bridgehead atoms. The van der Waals surface area contributed by atoms with Crippen LogP contribution in [0.3, 0.4) is 0 Å². The summed E-state index contributed by atoms with van der Waals surface area (Å²) in [6.45, 7) is 5.45. The molecule has 3 rings (SSSR count). The van der Waals surface area contributed by atoms with E-state index >= 15 is 0 Å². The van der Waals surface area contributed by atoms with Crippen LogP contribution in [-0.4, -0.2) is 14.1 Å². The van der Waals surface area contributed by atoms with E-state index in [2.05, 4.69) is 6.58 Å². The lowest BCUT2D eigenvalue weighted by Crippen LogP contribution is -2.25. The summed E-state index contributed by atoms with van der Waals surface area (Å²) >= 11 is 5.75. The molecule has 2 aromatic heterocycles. The smallest absolute Gasteiger partial charge is 0.279 e. The Balaban J connectivity index is 2.17. The molecule has 0 aliphatic heterocycles. The molecule has 128 valence electrons. The quantitative estimate of drug-likeness (QED) is 0.780. The summed E-state index contributed by atoms with van der Waals surface area (Å²) in [7, 11) is 0. The van der Waals surface area contributed by atoms with Gasteiger partial charge in [-0.25, -0.2) is 4.39 Å². The molecule has 3 aromatic rings. The highest BCUT2D eigenvalue weighted by atomic mass is 35.5. The van der Waals surface area contributed by atoms with Crippen LogP contribution in [0.5, 0.6) is 5.75 Å². The number of pyridine rings is 1. The predicted octanol–water partition coefficient (Wildman–Crippen LogP) is 3.04. The van der Waals surface area contributed by atoms with E-state index in [9.17, 15) is 19.1 Å². The van der Waals surface area contributed by atoms with Crippen molar-refractivity contribution in [2.24, 2.45) is 0 Å². The lowest BCUT2D eigenvalue weighted by molar-refractivity contribution is 0.472. The highest BCUT2D eigenvalue weighted by Gasteiger charge is 2.15. The van der Waals surface area contributed by atoms with Gasteiger partial charge in [0.05, 0.1) is 11.6 Å². The van der Waals surface area contributed by atoms with Gasteiger partial charge in [0.1, 0.15) is 5.82 Å². The average molecular weight is 361 g/mol. The second kappa shape index (κ2) is 6.22. The second-order valence-corrected chi connectivity index (χ2v) is 6.14. The first-order valence-corrected chi connectivity index (χ1v) is 7.74. The minimum absolute atomic E-state index is 0.0449. The summed E-state index contributed by atoms with van der Waals surface area (Å²) in [6.07, 6.45) is 4.52. The van der Waals surface area contributed by atoms with Crippen LogP contribution >= 0.6 is 11.6 Å². The number of halogens is 2. The van der Waals surface area contributed by atoms with Gasteiger partial charge in [-0.3, -0.25) is 9.59 Å². The van der Waals surface area contributed by atoms with E-state index in [1.165, 1.54) is 39.6 Å². The van der Waals surface area contributed by atoms with Crippen molar-refractivity contribution in [1.82, 2.24) is 8.97 Å². The van der Waals surface area contributed by atoms with Crippen LogP contribution in [0.4, 0.5) is 4.39 Å². The van der Waals surface area contributed by atoms with E-state index in [0.29, 0.717) is 11.1 Å². The monoisotopic (exact) mass is 360 g/mol.